The zero-order chi connectivity index (χ0) is 18.8. The van der Waals surface area contributed by atoms with E-state index >= 15 is 0 Å². The highest BCUT2D eigenvalue weighted by Gasteiger charge is 2.06. The Bertz CT molecular complexity index is 709. The van der Waals surface area contributed by atoms with E-state index in [-0.39, 0.29) is 12.5 Å². The number of carbonyl (C=O) groups is 1. The third-order valence-electron chi connectivity index (χ3n) is 4.34. The quantitative estimate of drug-likeness (QED) is 0.515. The molecule has 0 aromatic heterocycles. The molecular formula is C22H28N2O2. The molecule has 0 saturated heterocycles. The molecule has 1 atom stereocenters. The van der Waals surface area contributed by atoms with E-state index in [0.717, 1.165) is 30.5 Å². The summed E-state index contributed by atoms with van der Waals surface area (Å²) in [4.78, 5) is 12.0. The van der Waals surface area contributed by atoms with Crippen LogP contribution in [0.3, 0.4) is 0 Å². The van der Waals surface area contributed by atoms with Crippen LogP contribution in [0.1, 0.15) is 57.1 Å². The lowest BCUT2D eigenvalue weighted by Crippen LogP contribution is -2.26. The minimum Gasteiger partial charge on any atom is -0.484 e. The van der Waals surface area contributed by atoms with Crippen molar-refractivity contribution in [3.8, 4) is 5.75 Å². The molecule has 1 amide bonds. The Morgan fingerprint density at radius 1 is 1.08 bits per heavy atom. The van der Waals surface area contributed by atoms with Crippen LogP contribution in [0, 0.1) is 0 Å². The van der Waals surface area contributed by atoms with Crippen molar-refractivity contribution in [1.82, 2.24) is 5.43 Å². The standard InChI is InChI=1S/C22H28N2O2/c1-4-9-21(19-10-7-6-8-11-19)23-24-22(25)16-26-20-14-12-18(13-15-20)17(3)5-2/h6-8,10-15,17H,4-5,9,16H2,1-3H3,(H,24,25)/b23-21+. The summed E-state index contributed by atoms with van der Waals surface area (Å²) in [6.45, 7) is 6.40. The van der Waals surface area contributed by atoms with Gasteiger partial charge in [0.2, 0.25) is 0 Å². The summed E-state index contributed by atoms with van der Waals surface area (Å²) in [6, 6.07) is 17.8. The van der Waals surface area contributed by atoms with Gasteiger partial charge in [0.15, 0.2) is 6.61 Å². The molecule has 4 heteroatoms. The highest BCUT2D eigenvalue weighted by Crippen LogP contribution is 2.21. The second-order valence-corrected chi connectivity index (χ2v) is 6.38. The van der Waals surface area contributed by atoms with Gasteiger partial charge in [-0.1, -0.05) is 69.7 Å². The van der Waals surface area contributed by atoms with Crippen LogP contribution < -0.4 is 10.2 Å². The number of hydrogen-bond donors (Lipinski definition) is 1. The fourth-order valence-electron chi connectivity index (χ4n) is 2.57. The largest absolute Gasteiger partial charge is 0.484 e. The Balaban J connectivity index is 1.89. The van der Waals surface area contributed by atoms with Crippen LogP contribution >= 0.6 is 0 Å². The normalized spacial score (nSPS) is 12.5. The van der Waals surface area contributed by atoms with Gasteiger partial charge in [-0.2, -0.15) is 5.10 Å². The van der Waals surface area contributed by atoms with Gasteiger partial charge in [-0.25, -0.2) is 5.43 Å². The summed E-state index contributed by atoms with van der Waals surface area (Å²) in [7, 11) is 0. The molecule has 2 rings (SSSR count). The molecule has 0 radical (unpaired) electrons. The van der Waals surface area contributed by atoms with E-state index in [1.165, 1.54) is 5.56 Å². The molecule has 0 saturated carbocycles. The summed E-state index contributed by atoms with van der Waals surface area (Å²) in [5.41, 5.74) is 5.78. The predicted octanol–water partition coefficient (Wildman–Crippen LogP) is 4.90. The summed E-state index contributed by atoms with van der Waals surface area (Å²) in [5.74, 6) is 0.949. The lowest BCUT2D eigenvalue weighted by Gasteiger charge is -2.10. The molecule has 2 aromatic carbocycles. The lowest BCUT2D eigenvalue weighted by atomic mass is 9.99. The second-order valence-electron chi connectivity index (χ2n) is 6.38. The molecule has 1 N–H and O–H groups in total. The van der Waals surface area contributed by atoms with Crippen molar-refractivity contribution in [2.24, 2.45) is 5.10 Å². The summed E-state index contributed by atoms with van der Waals surface area (Å²) in [5, 5.41) is 4.28. The smallest absolute Gasteiger partial charge is 0.277 e. The van der Waals surface area contributed by atoms with Crippen molar-refractivity contribution in [3.05, 3.63) is 65.7 Å². The zero-order valence-corrected chi connectivity index (χ0v) is 15.9. The average Bonchev–Trinajstić information content (AvgIpc) is 2.70. The molecule has 0 fully saturated rings. The van der Waals surface area contributed by atoms with Gasteiger partial charge in [0.05, 0.1) is 5.71 Å². The number of benzene rings is 2. The average molecular weight is 352 g/mol. The number of ether oxygens (including phenoxy) is 1. The fourth-order valence-corrected chi connectivity index (χ4v) is 2.57. The van der Waals surface area contributed by atoms with Crippen molar-refractivity contribution in [1.29, 1.82) is 0 Å². The van der Waals surface area contributed by atoms with Gasteiger partial charge in [0.25, 0.3) is 5.91 Å². The number of hydrogen-bond acceptors (Lipinski definition) is 3. The van der Waals surface area contributed by atoms with Crippen molar-refractivity contribution >= 4 is 11.6 Å². The molecule has 138 valence electrons. The van der Waals surface area contributed by atoms with Crippen LogP contribution in [0.4, 0.5) is 0 Å². The van der Waals surface area contributed by atoms with Crippen LogP contribution in [-0.4, -0.2) is 18.2 Å². The molecular weight excluding hydrogens is 324 g/mol. The molecule has 0 aliphatic carbocycles. The lowest BCUT2D eigenvalue weighted by molar-refractivity contribution is -0.123. The Morgan fingerprint density at radius 2 is 1.77 bits per heavy atom. The Labute approximate surface area is 156 Å². The molecule has 0 aliphatic heterocycles. The number of hydrazone groups is 1. The molecule has 0 heterocycles. The minimum atomic E-state index is -0.263. The number of rotatable bonds is 9. The Kier molecular flexibility index (Phi) is 7.87. The first-order valence-corrected chi connectivity index (χ1v) is 9.27. The van der Waals surface area contributed by atoms with Gasteiger partial charge in [-0.3, -0.25) is 4.79 Å². The highest BCUT2D eigenvalue weighted by molar-refractivity contribution is 6.01. The van der Waals surface area contributed by atoms with Crippen molar-refractivity contribution < 1.29 is 9.53 Å². The summed E-state index contributed by atoms with van der Waals surface area (Å²) in [6.07, 6.45) is 2.87. The van der Waals surface area contributed by atoms with E-state index in [2.05, 4.69) is 31.3 Å². The monoisotopic (exact) mass is 352 g/mol. The van der Waals surface area contributed by atoms with E-state index in [1.807, 2.05) is 54.6 Å². The molecule has 0 aliphatic rings. The predicted molar refractivity (Wildman–Crippen MR) is 107 cm³/mol. The molecule has 2 aromatic rings. The van der Waals surface area contributed by atoms with Crippen molar-refractivity contribution in [2.75, 3.05) is 6.61 Å². The van der Waals surface area contributed by atoms with Crippen LogP contribution in [0.2, 0.25) is 0 Å². The van der Waals surface area contributed by atoms with E-state index < -0.39 is 0 Å². The topological polar surface area (TPSA) is 50.7 Å². The van der Waals surface area contributed by atoms with Crippen molar-refractivity contribution in [2.45, 2.75) is 46.0 Å². The Morgan fingerprint density at radius 3 is 2.38 bits per heavy atom. The second kappa shape index (κ2) is 10.4. The van der Waals surface area contributed by atoms with Crippen molar-refractivity contribution in [3.63, 3.8) is 0 Å². The molecule has 0 bridgehead atoms. The molecule has 1 unspecified atom stereocenters. The maximum atomic E-state index is 12.0. The number of nitrogens with one attached hydrogen (secondary N) is 1. The van der Waals surface area contributed by atoms with E-state index in [9.17, 15) is 4.79 Å². The van der Waals surface area contributed by atoms with Gasteiger partial charge in [0, 0.05) is 0 Å². The van der Waals surface area contributed by atoms with Gasteiger partial charge in [-0.15, -0.1) is 0 Å². The number of nitrogens with zero attached hydrogens (tertiary/aromatic N) is 1. The first-order valence-electron chi connectivity index (χ1n) is 9.27. The maximum Gasteiger partial charge on any atom is 0.277 e. The zero-order valence-electron chi connectivity index (χ0n) is 15.9. The molecule has 4 nitrogen and oxygen atoms in total. The number of amides is 1. The van der Waals surface area contributed by atoms with E-state index in [1.54, 1.807) is 0 Å². The van der Waals surface area contributed by atoms with Crippen LogP contribution in [0.25, 0.3) is 0 Å². The molecule has 0 spiro atoms. The number of carbonyl (C=O) groups excluding carboxylic acids is 1. The molecule has 26 heavy (non-hydrogen) atoms. The SMILES string of the molecule is CCC/C(=N\NC(=O)COc1ccc(C(C)CC)cc1)c1ccccc1. The maximum absolute atomic E-state index is 12.0. The van der Waals surface area contributed by atoms with E-state index in [0.29, 0.717) is 11.7 Å². The highest BCUT2D eigenvalue weighted by atomic mass is 16.5. The van der Waals surface area contributed by atoms with Gasteiger partial charge >= 0.3 is 0 Å². The first-order chi connectivity index (χ1) is 12.6. The van der Waals surface area contributed by atoms with Crippen LogP contribution in [0.5, 0.6) is 5.75 Å². The minimum absolute atomic E-state index is 0.0552. The third kappa shape index (κ3) is 6.03. The summed E-state index contributed by atoms with van der Waals surface area (Å²) >= 11 is 0. The summed E-state index contributed by atoms with van der Waals surface area (Å²) < 4.78 is 5.55. The van der Waals surface area contributed by atoms with Gasteiger partial charge < -0.3 is 4.74 Å². The van der Waals surface area contributed by atoms with Crippen LogP contribution in [-0.2, 0) is 4.79 Å². The fraction of sp³-hybridized carbons (Fsp3) is 0.364. The van der Waals surface area contributed by atoms with E-state index in [4.69, 9.17) is 4.74 Å². The van der Waals surface area contributed by atoms with Gasteiger partial charge in [0.1, 0.15) is 5.75 Å². The first kappa shape index (κ1) is 19.7. The van der Waals surface area contributed by atoms with Gasteiger partial charge in [-0.05, 0) is 42.0 Å². The van der Waals surface area contributed by atoms with Crippen LogP contribution in [0.15, 0.2) is 59.7 Å². The Hall–Kier alpha value is -2.62. The third-order valence-corrected chi connectivity index (χ3v) is 4.34.